The summed E-state index contributed by atoms with van der Waals surface area (Å²) in [4.78, 5) is 2.61. The average Bonchev–Trinajstić information content (AvgIpc) is 3.01. The summed E-state index contributed by atoms with van der Waals surface area (Å²) >= 11 is 0. The summed E-state index contributed by atoms with van der Waals surface area (Å²) in [5.74, 6) is 1.90. The second kappa shape index (κ2) is 7.32. The molecule has 0 aromatic heterocycles. The van der Waals surface area contributed by atoms with E-state index in [-0.39, 0.29) is 5.60 Å². The van der Waals surface area contributed by atoms with Crippen molar-refractivity contribution in [3.63, 3.8) is 0 Å². The Morgan fingerprint density at radius 3 is 2.79 bits per heavy atom. The van der Waals surface area contributed by atoms with E-state index in [4.69, 9.17) is 14.2 Å². The Morgan fingerprint density at radius 2 is 2.04 bits per heavy atom. The summed E-state index contributed by atoms with van der Waals surface area (Å²) in [6.07, 6.45) is 4.54. The van der Waals surface area contributed by atoms with Crippen molar-refractivity contribution in [3.05, 3.63) is 23.3 Å². The summed E-state index contributed by atoms with van der Waals surface area (Å²) in [5.41, 5.74) is 2.73. The van der Waals surface area contributed by atoms with Gasteiger partial charge in [0.25, 0.3) is 0 Å². The molecule has 0 bridgehead atoms. The van der Waals surface area contributed by atoms with Gasteiger partial charge in [-0.3, -0.25) is 4.90 Å². The van der Waals surface area contributed by atoms with E-state index in [1.807, 2.05) is 0 Å². The van der Waals surface area contributed by atoms with E-state index in [0.29, 0.717) is 12.8 Å². The van der Waals surface area contributed by atoms with Gasteiger partial charge in [0.1, 0.15) is 0 Å². The zero-order chi connectivity index (χ0) is 17.2. The van der Waals surface area contributed by atoms with Crippen molar-refractivity contribution in [1.29, 1.82) is 0 Å². The molecule has 134 valence electrons. The van der Waals surface area contributed by atoms with Crippen molar-refractivity contribution >= 4 is 0 Å². The van der Waals surface area contributed by atoms with Crippen LogP contribution < -0.4 is 9.47 Å². The van der Waals surface area contributed by atoms with Gasteiger partial charge in [0, 0.05) is 18.2 Å². The van der Waals surface area contributed by atoms with Crippen LogP contribution in [0.4, 0.5) is 0 Å². The minimum atomic E-state index is -0.0606. The monoisotopic (exact) mass is 333 g/mol. The van der Waals surface area contributed by atoms with Gasteiger partial charge in [0.2, 0.25) is 6.79 Å². The maximum atomic E-state index is 5.95. The third-order valence-electron chi connectivity index (χ3n) is 4.86. The highest BCUT2D eigenvalue weighted by Crippen LogP contribution is 2.41. The van der Waals surface area contributed by atoms with Crippen molar-refractivity contribution in [3.8, 4) is 11.5 Å². The number of hydrogen-bond donors (Lipinski definition) is 0. The molecule has 0 fully saturated rings. The lowest BCUT2D eigenvalue weighted by atomic mass is 9.86. The molecule has 4 heteroatoms. The van der Waals surface area contributed by atoms with Crippen molar-refractivity contribution in [1.82, 2.24) is 4.90 Å². The first-order chi connectivity index (χ1) is 11.5. The maximum Gasteiger partial charge on any atom is 0.231 e. The van der Waals surface area contributed by atoms with Crippen LogP contribution in [0.2, 0.25) is 0 Å². The number of hydrogen-bond acceptors (Lipinski definition) is 4. The highest BCUT2D eigenvalue weighted by molar-refractivity contribution is 5.53. The third kappa shape index (κ3) is 4.04. The Hall–Kier alpha value is -1.26. The van der Waals surface area contributed by atoms with Crippen LogP contribution >= 0.6 is 0 Å². The number of nitrogens with zero attached hydrogens (tertiary/aromatic N) is 1. The van der Waals surface area contributed by atoms with E-state index in [1.165, 1.54) is 24.0 Å². The molecule has 0 spiro atoms. The van der Waals surface area contributed by atoms with Gasteiger partial charge in [0.05, 0.1) is 12.2 Å². The van der Waals surface area contributed by atoms with Crippen LogP contribution in [0.15, 0.2) is 12.1 Å². The van der Waals surface area contributed by atoms with Crippen LogP contribution in [0.3, 0.4) is 0 Å². The molecule has 24 heavy (non-hydrogen) atoms. The Labute approximate surface area is 146 Å². The third-order valence-corrected chi connectivity index (χ3v) is 4.86. The standard InChI is InChI=1S/C20H31NO3/c1-5-10-21(11-12-24-20(2,3)4)16-7-8-17-15(13-16)6-9-18-19(17)23-14-22-18/h6,9,16H,5,7-8,10-14H2,1-4H3. The molecule has 1 unspecified atom stereocenters. The molecule has 1 atom stereocenters. The van der Waals surface area contributed by atoms with Crippen LogP contribution in [-0.4, -0.2) is 43.0 Å². The summed E-state index contributed by atoms with van der Waals surface area (Å²) in [6.45, 7) is 11.9. The van der Waals surface area contributed by atoms with Gasteiger partial charge in [-0.15, -0.1) is 0 Å². The molecule has 3 rings (SSSR count). The lowest BCUT2D eigenvalue weighted by Gasteiger charge is -2.36. The summed E-state index contributed by atoms with van der Waals surface area (Å²) in [5, 5.41) is 0. The first-order valence-electron chi connectivity index (χ1n) is 9.26. The van der Waals surface area contributed by atoms with Gasteiger partial charge in [-0.25, -0.2) is 0 Å². The number of benzene rings is 1. The fourth-order valence-electron chi connectivity index (χ4n) is 3.75. The first kappa shape index (κ1) is 17.6. The van der Waals surface area contributed by atoms with E-state index >= 15 is 0 Å². The van der Waals surface area contributed by atoms with Crippen LogP contribution in [-0.2, 0) is 17.6 Å². The van der Waals surface area contributed by atoms with Crippen LogP contribution in [0.1, 0.15) is 51.7 Å². The zero-order valence-electron chi connectivity index (χ0n) is 15.6. The molecule has 0 saturated heterocycles. The Balaban J connectivity index is 1.65. The molecule has 1 aliphatic heterocycles. The van der Waals surface area contributed by atoms with Crippen molar-refractivity contribution in [2.45, 2.75) is 65.0 Å². The fraction of sp³-hybridized carbons (Fsp3) is 0.700. The molecule has 0 N–H and O–H groups in total. The smallest absolute Gasteiger partial charge is 0.231 e. The molecule has 4 nitrogen and oxygen atoms in total. The molecular formula is C20H31NO3. The van der Waals surface area contributed by atoms with Crippen molar-refractivity contribution in [2.24, 2.45) is 0 Å². The normalized spacial score (nSPS) is 19.6. The number of fused-ring (bicyclic) bond motifs is 3. The first-order valence-corrected chi connectivity index (χ1v) is 9.26. The lowest BCUT2D eigenvalue weighted by molar-refractivity contribution is -0.0184. The molecule has 0 radical (unpaired) electrons. The van der Waals surface area contributed by atoms with Crippen LogP contribution in [0.5, 0.6) is 11.5 Å². The van der Waals surface area contributed by atoms with Crippen molar-refractivity contribution in [2.75, 3.05) is 26.5 Å². The second-order valence-corrected chi connectivity index (χ2v) is 7.83. The van der Waals surface area contributed by atoms with E-state index < -0.39 is 0 Å². The quantitative estimate of drug-likeness (QED) is 0.792. The Bertz CT molecular complexity index is 565. The zero-order valence-corrected chi connectivity index (χ0v) is 15.6. The fourth-order valence-corrected chi connectivity index (χ4v) is 3.75. The maximum absolute atomic E-state index is 5.95. The van der Waals surface area contributed by atoms with Crippen LogP contribution in [0, 0.1) is 0 Å². The van der Waals surface area contributed by atoms with Gasteiger partial charge in [-0.05, 0) is 64.6 Å². The van der Waals surface area contributed by atoms with E-state index in [9.17, 15) is 0 Å². The molecular weight excluding hydrogens is 302 g/mol. The van der Waals surface area contributed by atoms with Gasteiger partial charge in [0.15, 0.2) is 11.5 Å². The molecule has 0 saturated carbocycles. The minimum Gasteiger partial charge on any atom is -0.454 e. The van der Waals surface area contributed by atoms with Crippen molar-refractivity contribution < 1.29 is 14.2 Å². The van der Waals surface area contributed by atoms with Gasteiger partial charge in [-0.1, -0.05) is 13.0 Å². The summed E-state index contributed by atoms with van der Waals surface area (Å²) in [7, 11) is 0. The van der Waals surface area contributed by atoms with E-state index in [2.05, 4.69) is 44.7 Å². The molecule has 1 heterocycles. The highest BCUT2D eigenvalue weighted by Gasteiger charge is 2.29. The predicted octanol–water partition coefficient (Wildman–Crippen LogP) is 3.80. The molecule has 1 aromatic rings. The second-order valence-electron chi connectivity index (χ2n) is 7.83. The predicted molar refractivity (Wildman–Crippen MR) is 95.9 cm³/mol. The summed E-state index contributed by atoms with van der Waals surface area (Å²) in [6, 6.07) is 4.89. The topological polar surface area (TPSA) is 30.9 Å². The van der Waals surface area contributed by atoms with Gasteiger partial charge < -0.3 is 14.2 Å². The number of rotatable bonds is 6. The SMILES string of the molecule is CCCN(CCOC(C)(C)C)C1CCc2c(ccc3c2OCO3)C1. The Morgan fingerprint density at radius 1 is 1.21 bits per heavy atom. The minimum absolute atomic E-state index is 0.0606. The summed E-state index contributed by atoms with van der Waals surface area (Å²) < 4.78 is 17.1. The van der Waals surface area contributed by atoms with E-state index in [0.717, 1.165) is 44.0 Å². The van der Waals surface area contributed by atoms with Gasteiger partial charge >= 0.3 is 0 Å². The molecule has 2 aliphatic rings. The largest absolute Gasteiger partial charge is 0.454 e. The van der Waals surface area contributed by atoms with Gasteiger partial charge in [-0.2, -0.15) is 0 Å². The van der Waals surface area contributed by atoms with Crippen LogP contribution in [0.25, 0.3) is 0 Å². The lowest BCUT2D eigenvalue weighted by Crippen LogP contribution is -2.42. The molecule has 0 amide bonds. The number of ether oxygens (including phenoxy) is 3. The average molecular weight is 333 g/mol. The Kier molecular flexibility index (Phi) is 5.36. The van der Waals surface area contributed by atoms with E-state index in [1.54, 1.807) is 0 Å². The molecule has 1 aromatic carbocycles. The highest BCUT2D eigenvalue weighted by atomic mass is 16.7. The molecule has 1 aliphatic carbocycles.